The maximum Gasteiger partial charge on any atom is 0.217 e. The molecule has 0 radical (unpaired) electrons. The molecule has 2 aromatic heterocycles. The second kappa shape index (κ2) is 23.5. The maximum atomic E-state index is 16.3. The van der Waals surface area contributed by atoms with Crippen molar-refractivity contribution < 1.29 is 28.5 Å². The number of benzene rings is 7. The van der Waals surface area contributed by atoms with Crippen molar-refractivity contribution in [1.82, 2.24) is 9.13 Å². The van der Waals surface area contributed by atoms with Gasteiger partial charge >= 0.3 is 0 Å². The van der Waals surface area contributed by atoms with Gasteiger partial charge in [0.25, 0.3) is 0 Å². The predicted molar refractivity (Wildman–Crippen MR) is 392 cm³/mol. The number of aliphatic hydroxyl groups is 1. The second-order valence-electron chi connectivity index (χ2n) is 36.0. The number of halogens is 2. The van der Waals surface area contributed by atoms with E-state index in [-0.39, 0.29) is 50.7 Å². The molecule has 9 heteroatoms. The number of aromatic hydroxyl groups is 1. The molecule has 9 aromatic rings. The van der Waals surface area contributed by atoms with E-state index < -0.39 is 42.4 Å². The van der Waals surface area contributed by atoms with E-state index >= 15 is 8.78 Å². The predicted octanol–water partition coefficient (Wildman–Crippen LogP) is 23.0. The molecule has 6 nitrogen and oxygen atoms in total. The van der Waals surface area contributed by atoms with Crippen LogP contribution in [0.25, 0.3) is 66.0 Å². The van der Waals surface area contributed by atoms with Crippen molar-refractivity contribution in [2.45, 2.75) is 217 Å². The highest BCUT2D eigenvalue weighted by Gasteiger charge is 2.49. The van der Waals surface area contributed by atoms with E-state index in [2.05, 4.69) is 266 Å². The number of allylic oxidation sites excluding steroid dienone is 2. The van der Waals surface area contributed by atoms with E-state index in [4.69, 9.17) is 9.47 Å². The minimum atomic E-state index is -2.79. The number of phenols is 1. The number of aromatic nitrogens is 2. The van der Waals surface area contributed by atoms with Crippen LogP contribution in [0.3, 0.4) is 0 Å². The minimum Gasteiger partial charge on any atom is -0.505 e. The van der Waals surface area contributed by atoms with Gasteiger partial charge in [0, 0.05) is 55.5 Å². The van der Waals surface area contributed by atoms with Crippen LogP contribution >= 0.6 is 0 Å². The fourth-order valence-corrected chi connectivity index (χ4v) is 16.0. The quantitative estimate of drug-likeness (QED) is 0.0841. The molecular weight excluding hydrogens is 1170 g/mol. The van der Waals surface area contributed by atoms with Gasteiger partial charge < -0.3 is 28.8 Å². The van der Waals surface area contributed by atoms with Crippen molar-refractivity contribution >= 4 is 57.3 Å². The normalized spacial score (nSPS) is 16.9. The molecule has 1 aliphatic carbocycles. The summed E-state index contributed by atoms with van der Waals surface area (Å²) in [5.74, 6) is -2.52. The molecular formula is C84H106F2N2O4Si. The maximum absolute atomic E-state index is 16.3. The van der Waals surface area contributed by atoms with Gasteiger partial charge in [-0.2, -0.15) is 0 Å². The summed E-state index contributed by atoms with van der Waals surface area (Å²) in [6, 6.07) is 41.2. The van der Waals surface area contributed by atoms with Crippen LogP contribution in [0.2, 0.25) is 13.1 Å². The van der Waals surface area contributed by atoms with E-state index in [9.17, 15) is 10.2 Å². The van der Waals surface area contributed by atoms with Gasteiger partial charge in [-0.25, -0.2) is 8.78 Å². The standard InChI is InChI=1S/C84H106F2N2O4Si/c1-76(2,3)48-82(19,20)57-43-66(75(89)72(45-57)87-68-33-28-53(78(7,8)9)39-61(68)62-40-54(79(10,11)12)29-34-69(62)87)65-47-60(86)32-37-73(65)91-50-93(23,24)51-92-84(90)67(52-26-25-27-59(85)38-52)44-58(83(21,22)49-77(4,5)6)46-74(84)88-70-35-30-55(80(13,14)15)41-63(70)64-42-56(81(16,17)18)31-36-71(64)88/h25-47,74,89-90H,48-51H2,1-24H3. The highest BCUT2D eigenvalue weighted by atomic mass is 28.3. The number of fused-ring (bicyclic) bond motifs is 6. The van der Waals surface area contributed by atoms with Gasteiger partial charge in [-0.3, -0.25) is 0 Å². The fourth-order valence-electron chi connectivity index (χ4n) is 14.7. The summed E-state index contributed by atoms with van der Waals surface area (Å²) in [5.41, 5.74) is 11.7. The van der Waals surface area contributed by atoms with Crippen LogP contribution in [-0.2, 0) is 31.8 Å². The first-order valence-corrected chi connectivity index (χ1v) is 37.1. The molecule has 93 heavy (non-hydrogen) atoms. The topological polar surface area (TPSA) is 68.8 Å². The SMILES string of the molecule is CC(C)(C)CC(C)(C)C1=CC(n2c3ccc(C(C)(C)C)cc3c3cc(C(C)(C)C)ccc32)C(O)(OC[Si](C)(C)COc2ccc(F)cc2-c2cc(C(C)(C)CC(C)(C)C)cc(-n3c4ccc(C(C)(C)C)cc4c4cc(C(C)(C)C)ccc43)c2O)C(c2cccc(F)c2)=C1. The van der Waals surface area contributed by atoms with Gasteiger partial charge in [-0.05, 0) is 192 Å². The van der Waals surface area contributed by atoms with Crippen LogP contribution in [0, 0.1) is 27.9 Å². The van der Waals surface area contributed by atoms with Crippen LogP contribution in [0.1, 0.15) is 205 Å². The largest absolute Gasteiger partial charge is 0.505 e. The second-order valence-corrected chi connectivity index (χ2v) is 40.9. The Balaban J connectivity index is 1.12. The summed E-state index contributed by atoms with van der Waals surface area (Å²) in [6.07, 6.45) is 6.24. The molecule has 0 saturated carbocycles. The van der Waals surface area contributed by atoms with E-state index in [1.165, 1.54) is 46.5 Å². The molecule has 1 aliphatic rings. The Morgan fingerprint density at radius 2 is 0.935 bits per heavy atom. The lowest BCUT2D eigenvalue weighted by Gasteiger charge is -2.45. The molecule has 0 amide bonds. The third kappa shape index (κ3) is 14.0. The number of hydrogen-bond donors (Lipinski definition) is 2. The summed E-state index contributed by atoms with van der Waals surface area (Å²) in [5, 5.41) is 31.9. The average Bonchev–Trinajstić information content (AvgIpc) is 1.59. The zero-order valence-electron chi connectivity index (χ0n) is 60.5. The van der Waals surface area contributed by atoms with Crippen molar-refractivity contribution in [3.05, 3.63) is 190 Å². The van der Waals surface area contributed by atoms with E-state index in [1.54, 1.807) is 12.1 Å². The minimum absolute atomic E-state index is 0.00819. The summed E-state index contributed by atoms with van der Waals surface area (Å²) >= 11 is 0. The van der Waals surface area contributed by atoms with Crippen LogP contribution in [0.5, 0.6) is 11.5 Å². The Morgan fingerprint density at radius 3 is 1.40 bits per heavy atom. The fraction of sp³-hybridized carbons (Fsp3) is 0.452. The smallest absolute Gasteiger partial charge is 0.217 e. The van der Waals surface area contributed by atoms with Crippen LogP contribution in [-0.4, -0.2) is 45.7 Å². The van der Waals surface area contributed by atoms with Crippen LogP contribution < -0.4 is 4.74 Å². The third-order valence-electron chi connectivity index (χ3n) is 19.2. The molecule has 2 unspecified atom stereocenters. The first-order chi connectivity index (χ1) is 42.7. The van der Waals surface area contributed by atoms with E-state index in [0.717, 1.165) is 67.6 Å². The molecule has 0 aliphatic heterocycles. The lowest BCUT2D eigenvalue weighted by atomic mass is 9.68. The Bertz CT molecular complexity index is 4290. The summed E-state index contributed by atoms with van der Waals surface area (Å²) in [4.78, 5) is 0. The lowest BCUT2D eigenvalue weighted by Crippen LogP contribution is -2.50. The lowest BCUT2D eigenvalue weighted by molar-refractivity contribution is -0.167. The van der Waals surface area contributed by atoms with Crippen molar-refractivity contribution in [2.24, 2.45) is 16.2 Å². The molecule has 0 spiro atoms. The molecule has 2 heterocycles. The number of rotatable bonds is 14. The molecule has 2 N–H and O–H groups in total. The Morgan fingerprint density at radius 1 is 0.484 bits per heavy atom. The molecule has 494 valence electrons. The zero-order valence-corrected chi connectivity index (χ0v) is 61.5. The number of hydrogen-bond acceptors (Lipinski definition) is 4. The van der Waals surface area contributed by atoms with Crippen molar-refractivity contribution in [3.8, 4) is 28.3 Å². The van der Waals surface area contributed by atoms with Crippen molar-refractivity contribution in [3.63, 3.8) is 0 Å². The monoisotopic (exact) mass is 1270 g/mol. The van der Waals surface area contributed by atoms with E-state index in [0.29, 0.717) is 33.7 Å². The highest BCUT2D eigenvalue weighted by molar-refractivity contribution is 6.77. The van der Waals surface area contributed by atoms with Gasteiger partial charge in [0.1, 0.15) is 37.2 Å². The van der Waals surface area contributed by atoms with Gasteiger partial charge in [-0.1, -0.05) is 208 Å². The Hall–Kier alpha value is -6.78. The molecule has 10 rings (SSSR count). The van der Waals surface area contributed by atoms with Gasteiger partial charge in [0.2, 0.25) is 5.79 Å². The summed E-state index contributed by atoms with van der Waals surface area (Å²) in [7, 11) is -2.79. The highest BCUT2D eigenvalue weighted by Crippen LogP contribution is 2.53. The first kappa shape index (κ1) is 69.1. The number of phenolic OH excluding ortho intramolecular Hbond substituents is 1. The van der Waals surface area contributed by atoms with Crippen molar-refractivity contribution in [1.29, 1.82) is 0 Å². The Kier molecular flexibility index (Phi) is 17.5. The first-order valence-electron chi connectivity index (χ1n) is 33.7. The van der Waals surface area contributed by atoms with Crippen LogP contribution in [0.4, 0.5) is 8.78 Å². The van der Waals surface area contributed by atoms with Gasteiger partial charge in [0.05, 0.1) is 23.0 Å². The summed E-state index contributed by atoms with van der Waals surface area (Å²) < 4.78 is 51.1. The Labute approximate surface area is 556 Å². The molecule has 0 bridgehead atoms. The van der Waals surface area contributed by atoms with Gasteiger partial charge in [0.15, 0.2) is 0 Å². The van der Waals surface area contributed by atoms with Gasteiger partial charge in [-0.15, -0.1) is 0 Å². The molecule has 2 atom stereocenters. The number of nitrogens with zero attached hydrogens (tertiary/aromatic N) is 2. The number of ether oxygens (including phenoxy) is 2. The third-order valence-corrected chi connectivity index (χ3v) is 21.1. The van der Waals surface area contributed by atoms with Crippen molar-refractivity contribution in [2.75, 3.05) is 12.5 Å². The summed E-state index contributed by atoms with van der Waals surface area (Å²) in [6.45, 7) is 53.7. The molecule has 0 fully saturated rings. The van der Waals surface area contributed by atoms with E-state index in [1.807, 2.05) is 12.1 Å². The van der Waals surface area contributed by atoms with Crippen LogP contribution in [0.15, 0.2) is 145 Å². The zero-order chi connectivity index (χ0) is 68.5. The average molecular weight is 1270 g/mol. The molecule has 0 saturated heterocycles. The molecule has 7 aromatic carbocycles.